The van der Waals surface area contributed by atoms with Crippen LogP contribution in [0.5, 0.6) is 5.75 Å². The number of hydrogen-bond acceptors (Lipinski definition) is 5. The van der Waals surface area contributed by atoms with Crippen LogP contribution in [0.2, 0.25) is 0 Å². The fraction of sp³-hybridized carbons (Fsp3) is 0.214. The molecule has 2 aromatic rings. The normalized spacial score (nSPS) is 11.4. The summed E-state index contributed by atoms with van der Waals surface area (Å²) >= 11 is 9.54. The number of thiol groups is 1. The number of aromatic nitrogens is 1. The van der Waals surface area contributed by atoms with Gasteiger partial charge in [-0.15, -0.1) is 24.5 Å². The number of nitrogens with zero attached hydrogens (tertiary/aromatic N) is 1. The Morgan fingerprint density at radius 3 is 2.03 bits per heavy atom. The lowest BCUT2D eigenvalue weighted by Crippen LogP contribution is -2.18. The summed E-state index contributed by atoms with van der Waals surface area (Å²) in [7, 11) is 0. The molecule has 0 fully saturated rings. The predicted octanol–water partition coefficient (Wildman–Crippen LogP) is 6.14. The van der Waals surface area contributed by atoms with Crippen molar-refractivity contribution in [2.24, 2.45) is 5.73 Å². The number of carbonyl (C=O) groups is 2. The molecule has 0 saturated heterocycles. The van der Waals surface area contributed by atoms with Crippen LogP contribution in [0.3, 0.4) is 0 Å². The van der Waals surface area contributed by atoms with Gasteiger partial charge in [0.1, 0.15) is 10.6 Å². The molecule has 16 heteroatoms. The van der Waals surface area contributed by atoms with Crippen LogP contribution in [0.25, 0.3) is 0 Å². The highest BCUT2D eigenvalue weighted by Gasteiger charge is 2.39. The highest BCUT2D eigenvalue weighted by molar-refractivity contribution is 9.11. The molecule has 0 aliphatic heterocycles. The quantitative estimate of drug-likeness (QED) is 0.290. The third kappa shape index (κ3) is 8.31. The summed E-state index contributed by atoms with van der Waals surface area (Å²) in [6.45, 7) is 1.31. The van der Waals surface area contributed by atoms with Crippen molar-refractivity contribution >= 4 is 72.7 Å². The van der Waals surface area contributed by atoms with E-state index in [9.17, 15) is 31.1 Å². The molecule has 0 aliphatic rings. The Bertz CT molecular complexity index is 923. The first-order valence-corrected chi connectivity index (χ1v) is 9.95. The fourth-order valence-electron chi connectivity index (χ4n) is 1.81. The molecule has 6 nitrogen and oxygen atoms in total. The van der Waals surface area contributed by atoms with Crippen LogP contribution in [0.4, 0.5) is 36.8 Å². The molecule has 3 N–H and O–H groups in total. The number of aryl methyl sites for hydroxylation is 1. The molecule has 0 atom stereocenters. The number of hydrogen-bond donors (Lipinski definition) is 3. The van der Waals surface area contributed by atoms with E-state index in [1.165, 1.54) is 6.92 Å². The smallest absolute Gasteiger partial charge is 0.406 e. The maximum absolute atomic E-state index is 13.0. The summed E-state index contributed by atoms with van der Waals surface area (Å²) in [5.74, 6) is -1.69. The van der Waals surface area contributed by atoms with Gasteiger partial charge in [0.2, 0.25) is 0 Å². The van der Waals surface area contributed by atoms with Crippen LogP contribution < -0.4 is 15.8 Å². The molecule has 0 unspecified atom stereocenters. The molecular formula is C14H9Br2F6N3O3S2. The van der Waals surface area contributed by atoms with Crippen molar-refractivity contribution < 1.29 is 40.7 Å². The van der Waals surface area contributed by atoms with E-state index in [1.54, 1.807) is 0 Å². The second-order valence-corrected chi connectivity index (χ2v) is 8.36. The Morgan fingerprint density at radius 2 is 1.63 bits per heavy atom. The maximum atomic E-state index is 13.0. The first-order valence-electron chi connectivity index (χ1n) is 7.10. The fourth-order valence-corrected chi connectivity index (χ4v) is 3.98. The number of amides is 2. The van der Waals surface area contributed by atoms with E-state index in [-0.39, 0.29) is 19.6 Å². The van der Waals surface area contributed by atoms with E-state index in [0.717, 1.165) is 12.1 Å². The van der Waals surface area contributed by atoms with Crippen LogP contribution >= 0.6 is 55.8 Å². The Kier molecular flexibility index (Phi) is 9.01. The van der Waals surface area contributed by atoms with Gasteiger partial charge in [-0.2, -0.15) is 13.2 Å². The van der Waals surface area contributed by atoms with E-state index >= 15 is 0 Å². The zero-order valence-electron chi connectivity index (χ0n) is 14.3. The number of rotatable bonds is 3. The van der Waals surface area contributed by atoms with Gasteiger partial charge in [0.15, 0.2) is 5.69 Å². The Balaban J connectivity index is 0.00000103. The molecule has 2 rings (SSSR count). The van der Waals surface area contributed by atoms with E-state index in [1.807, 2.05) is 0 Å². The van der Waals surface area contributed by atoms with Crippen LogP contribution in [0.15, 0.2) is 21.1 Å². The number of carbonyl (C=O) groups excluding carboxylic acids is 2. The van der Waals surface area contributed by atoms with E-state index in [2.05, 4.69) is 65.3 Å². The van der Waals surface area contributed by atoms with E-state index in [4.69, 9.17) is 4.79 Å². The molecule has 166 valence electrons. The van der Waals surface area contributed by atoms with Crippen molar-refractivity contribution in [2.45, 2.75) is 19.5 Å². The Labute approximate surface area is 190 Å². The number of ether oxygens (including phenoxy) is 1. The first-order chi connectivity index (χ1) is 13.5. The molecule has 1 aromatic carbocycles. The highest BCUT2D eigenvalue weighted by Crippen LogP contribution is 2.39. The number of nitrogens with one attached hydrogen (secondary N) is 1. The van der Waals surface area contributed by atoms with Crippen molar-refractivity contribution in [1.29, 1.82) is 0 Å². The molecule has 2 amide bonds. The van der Waals surface area contributed by atoms with Crippen molar-refractivity contribution in [2.75, 3.05) is 5.32 Å². The molecular weight excluding hydrogens is 596 g/mol. The van der Waals surface area contributed by atoms with Crippen molar-refractivity contribution in [3.8, 4) is 5.75 Å². The lowest BCUT2D eigenvalue weighted by molar-refractivity contribution is -0.274. The van der Waals surface area contributed by atoms with Crippen LogP contribution in [-0.4, -0.2) is 22.5 Å². The number of anilines is 1. The average Bonchev–Trinajstić information content (AvgIpc) is 2.91. The second-order valence-electron chi connectivity index (χ2n) is 5.01. The predicted molar refractivity (Wildman–Crippen MR) is 107 cm³/mol. The largest absolute Gasteiger partial charge is 0.573 e. The summed E-state index contributed by atoms with van der Waals surface area (Å²) in [6, 6.07) is 1.83. The summed E-state index contributed by atoms with van der Waals surface area (Å²) in [5, 5.41) is 1.61. The zero-order valence-corrected chi connectivity index (χ0v) is 19.2. The summed E-state index contributed by atoms with van der Waals surface area (Å²) in [6.07, 6.45) is -9.75. The SMILES string of the molecule is Cc1nc(C(F)(F)F)c(C(=O)Nc2c(Br)cc(OC(F)(F)F)cc2Br)s1.NC(=O)S. The van der Waals surface area contributed by atoms with Crippen molar-refractivity contribution in [3.63, 3.8) is 0 Å². The number of halogens is 8. The molecule has 0 spiro atoms. The number of benzene rings is 1. The summed E-state index contributed by atoms with van der Waals surface area (Å²) in [4.78, 5) is 24.0. The monoisotopic (exact) mass is 603 g/mol. The van der Waals surface area contributed by atoms with Gasteiger partial charge in [-0.05, 0) is 50.9 Å². The first kappa shape index (κ1) is 26.5. The molecule has 0 radical (unpaired) electrons. The maximum Gasteiger partial charge on any atom is 0.573 e. The lowest BCUT2D eigenvalue weighted by Gasteiger charge is -2.14. The van der Waals surface area contributed by atoms with Gasteiger partial charge in [0, 0.05) is 8.95 Å². The van der Waals surface area contributed by atoms with Gasteiger partial charge in [-0.25, -0.2) is 4.98 Å². The van der Waals surface area contributed by atoms with Crippen molar-refractivity contribution in [3.05, 3.63) is 36.7 Å². The van der Waals surface area contributed by atoms with Crippen molar-refractivity contribution in [1.82, 2.24) is 4.98 Å². The lowest BCUT2D eigenvalue weighted by atomic mass is 10.2. The number of alkyl halides is 6. The third-order valence-electron chi connectivity index (χ3n) is 2.70. The van der Waals surface area contributed by atoms with Gasteiger partial charge in [0.25, 0.3) is 11.1 Å². The standard InChI is InChI=1S/C13H6Br2F6N2O2S.CH3NOS/c1-4-22-10(12(16,17)18)9(26-4)11(24)23-8-6(14)2-5(3-7(8)15)25-13(19,20)21;2-1(3)4/h2-3H,1H3,(H,23,24);(H3,2,3,4). The van der Waals surface area contributed by atoms with Crippen LogP contribution in [0.1, 0.15) is 20.4 Å². The van der Waals surface area contributed by atoms with Gasteiger partial charge in [-0.3, -0.25) is 9.59 Å². The third-order valence-corrected chi connectivity index (χ3v) is 4.92. The number of thiazole rings is 1. The molecule has 30 heavy (non-hydrogen) atoms. The molecule has 0 saturated carbocycles. The molecule has 0 aliphatic carbocycles. The average molecular weight is 605 g/mol. The molecule has 1 aromatic heterocycles. The van der Waals surface area contributed by atoms with Gasteiger partial charge < -0.3 is 15.8 Å². The van der Waals surface area contributed by atoms with Gasteiger partial charge in [-0.1, -0.05) is 12.6 Å². The molecule has 0 bridgehead atoms. The highest BCUT2D eigenvalue weighted by atomic mass is 79.9. The molecule has 1 heterocycles. The minimum absolute atomic E-state index is 0.0331. The van der Waals surface area contributed by atoms with E-state index < -0.39 is 40.0 Å². The summed E-state index contributed by atoms with van der Waals surface area (Å²) in [5.41, 5.74) is 2.94. The Hall–Kier alpha value is -1.52. The van der Waals surface area contributed by atoms with Gasteiger partial charge >= 0.3 is 12.5 Å². The minimum Gasteiger partial charge on any atom is -0.406 e. The van der Waals surface area contributed by atoms with E-state index in [0.29, 0.717) is 11.3 Å². The number of primary amides is 1. The minimum atomic E-state index is -4.93. The number of nitrogens with two attached hydrogens (primary N) is 1. The van der Waals surface area contributed by atoms with Crippen LogP contribution in [0, 0.1) is 6.92 Å². The summed E-state index contributed by atoms with van der Waals surface area (Å²) < 4.78 is 79.3. The van der Waals surface area contributed by atoms with Crippen LogP contribution in [-0.2, 0) is 6.18 Å². The second kappa shape index (κ2) is 10.2. The van der Waals surface area contributed by atoms with Gasteiger partial charge in [0.05, 0.1) is 10.7 Å². The zero-order chi connectivity index (χ0) is 23.4. The Morgan fingerprint density at radius 1 is 1.17 bits per heavy atom. The topological polar surface area (TPSA) is 94.3 Å².